The van der Waals surface area contributed by atoms with Crippen LogP contribution >= 0.6 is 0 Å². The minimum Gasteiger partial charge on any atom is -0.487 e. The van der Waals surface area contributed by atoms with Gasteiger partial charge >= 0.3 is 5.97 Å². The molecule has 0 spiro atoms. The van der Waals surface area contributed by atoms with Gasteiger partial charge in [0.1, 0.15) is 17.7 Å². The molecule has 9 heteroatoms. The van der Waals surface area contributed by atoms with Crippen molar-refractivity contribution in [2.75, 3.05) is 30.4 Å². The molecule has 3 heterocycles. The third-order valence-corrected chi connectivity index (χ3v) is 6.08. The van der Waals surface area contributed by atoms with Crippen molar-refractivity contribution in [2.24, 2.45) is 0 Å². The van der Waals surface area contributed by atoms with Crippen LogP contribution in [0.5, 0.6) is 5.75 Å². The van der Waals surface area contributed by atoms with Gasteiger partial charge in [0.15, 0.2) is 0 Å². The second-order valence-electron chi connectivity index (χ2n) is 8.66. The summed E-state index contributed by atoms with van der Waals surface area (Å²) < 4.78 is 27.3. The Morgan fingerprint density at radius 2 is 1.95 bits per heavy atom. The summed E-state index contributed by atoms with van der Waals surface area (Å²) in [6.07, 6.45) is 7.08. The summed E-state index contributed by atoms with van der Waals surface area (Å²) in [5, 5.41) is 2.59. The number of aromatic nitrogens is 2. The molecule has 1 amide bonds. The minimum absolute atomic E-state index is 0.101. The van der Waals surface area contributed by atoms with Crippen LogP contribution in [0.1, 0.15) is 15.9 Å². The number of carbonyl (C=O) groups is 2. The Hall–Kier alpha value is -4.66. The smallest absolute Gasteiger partial charge is 0.339 e. The quantitative estimate of drug-likeness (QED) is 0.364. The molecule has 0 saturated carbocycles. The fraction of sp³-hybridized carbons (Fsp3) is 0.179. The molecular weight excluding hydrogens is 475 g/mol. The van der Waals surface area contributed by atoms with Crippen molar-refractivity contribution in [2.45, 2.75) is 12.5 Å². The predicted octanol–water partition coefficient (Wildman–Crippen LogP) is 4.25. The summed E-state index contributed by atoms with van der Waals surface area (Å²) in [5.74, 6) is -0.877. The zero-order valence-corrected chi connectivity index (χ0v) is 20.1. The van der Waals surface area contributed by atoms with Crippen LogP contribution in [-0.4, -0.2) is 47.7 Å². The van der Waals surface area contributed by atoms with Crippen LogP contribution < -0.4 is 15.0 Å². The molecule has 1 saturated heterocycles. The van der Waals surface area contributed by atoms with Gasteiger partial charge in [0, 0.05) is 30.9 Å². The van der Waals surface area contributed by atoms with E-state index in [4.69, 9.17) is 9.47 Å². The number of ether oxygens (including phenoxy) is 2. The number of esters is 1. The fourth-order valence-electron chi connectivity index (χ4n) is 4.17. The van der Waals surface area contributed by atoms with Gasteiger partial charge in [0.25, 0.3) is 0 Å². The van der Waals surface area contributed by atoms with Crippen molar-refractivity contribution in [1.29, 1.82) is 0 Å². The van der Waals surface area contributed by atoms with Gasteiger partial charge in [-0.3, -0.25) is 9.78 Å². The maximum absolute atomic E-state index is 14.6. The van der Waals surface area contributed by atoms with Gasteiger partial charge < -0.3 is 24.3 Å². The maximum Gasteiger partial charge on any atom is 0.339 e. The van der Waals surface area contributed by atoms with Gasteiger partial charge in [-0.05, 0) is 42.0 Å². The lowest BCUT2D eigenvalue weighted by molar-refractivity contribution is -0.115. The first-order valence-corrected chi connectivity index (χ1v) is 11.8. The number of benzene rings is 2. The topological polar surface area (TPSA) is 85.7 Å². The molecule has 1 aliphatic rings. The van der Waals surface area contributed by atoms with Crippen LogP contribution in [0.15, 0.2) is 85.5 Å². The number of hydrogen-bond donors (Lipinski definition) is 1. The second kappa shape index (κ2) is 10.5. The number of methoxy groups -OCH3 is 1. The number of nitrogens with zero attached hydrogens (tertiary/aromatic N) is 3. The monoisotopic (exact) mass is 500 g/mol. The Bertz CT molecular complexity index is 1420. The predicted molar refractivity (Wildman–Crippen MR) is 137 cm³/mol. The zero-order chi connectivity index (χ0) is 25.8. The minimum atomic E-state index is -0.561. The highest BCUT2D eigenvalue weighted by Gasteiger charge is 2.29. The average molecular weight is 501 g/mol. The number of halogens is 1. The van der Waals surface area contributed by atoms with E-state index >= 15 is 0 Å². The maximum atomic E-state index is 14.6. The third kappa shape index (κ3) is 5.45. The van der Waals surface area contributed by atoms with Gasteiger partial charge in [-0.15, -0.1) is 0 Å². The summed E-state index contributed by atoms with van der Waals surface area (Å²) in [4.78, 5) is 30.4. The van der Waals surface area contributed by atoms with E-state index in [2.05, 4.69) is 15.2 Å². The van der Waals surface area contributed by atoms with Crippen LogP contribution in [0, 0.1) is 5.82 Å². The lowest BCUT2D eigenvalue weighted by Gasteiger charge is -2.40. The molecule has 0 unspecified atom stereocenters. The van der Waals surface area contributed by atoms with Crippen LogP contribution in [0.4, 0.5) is 15.8 Å². The third-order valence-electron chi connectivity index (χ3n) is 6.08. The van der Waals surface area contributed by atoms with E-state index in [0.717, 1.165) is 16.9 Å². The molecule has 0 radical (unpaired) electrons. The highest BCUT2D eigenvalue weighted by Crippen LogP contribution is 2.28. The van der Waals surface area contributed by atoms with Gasteiger partial charge in [-0.25, -0.2) is 9.18 Å². The molecule has 1 fully saturated rings. The Morgan fingerprint density at radius 3 is 2.70 bits per heavy atom. The second-order valence-corrected chi connectivity index (χ2v) is 8.66. The Morgan fingerprint density at radius 1 is 1.11 bits per heavy atom. The van der Waals surface area contributed by atoms with Crippen molar-refractivity contribution in [1.82, 2.24) is 9.55 Å². The molecule has 0 bridgehead atoms. The van der Waals surface area contributed by atoms with Crippen LogP contribution in [0.3, 0.4) is 0 Å². The zero-order valence-electron chi connectivity index (χ0n) is 20.1. The summed E-state index contributed by atoms with van der Waals surface area (Å²) >= 11 is 0. The molecule has 0 atom stereocenters. The SMILES string of the molecule is COC(=O)c1ccccc1-n1ccc(N2CC(Oc3ccc(NC(=O)Cc4cccnc4)c(F)c3)C2)c1. The summed E-state index contributed by atoms with van der Waals surface area (Å²) in [6.45, 7) is 1.27. The summed E-state index contributed by atoms with van der Waals surface area (Å²) in [5.41, 5.74) is 3.05. The first kappa shape index (κ1) is 24.1. The first-order valence-electron chi connectivity index (χ1n) is 11.8. The molecule has 8 nitrogen and oxygen atoms in total. The molecule has 4 aromatic rings. The number of nitrogens with one attached hydrogen (secondary N) is 1. The molecule has 188 valence electrons. The summed E-state index contributed by atoms with van der Waals surface area (Å²) in [7, 11) is 1.36. The van der Waals surface area contributed by atoms with E-state index in [-0.39, 0.29) is 24.1 Å². The number of hydrogen-bond acceptors (Lipinski definition) is 6. The van der Waals surface area contributed by atoms with E-state index in [1.165, 1.54) is 19.2 Å². The van der Waals surface area contributed by atoms with Gasteiger partial charge in [-0.2, -0.15) is 0 Å². The van der Waals surface area contributed by atoms with E-state index in [9.17, 15) is 14.0 Å². The molecule has 2 aromatic carbocycles. The lowest BCUT2D eigenvalue weighted by atomic mass is 10.1. The van der Waals surface area contributed by atoms with Crippen molar-refractivity contribution in [3.8, 4) is 11.4 Å². The number of pyridine rings is 1. The van der Waals surface area contributed by atoms with Gasteiger partial charge in [-0.1, -0.05) is 18.2 Å². The molecule has 5 rings (SSSR count). The molecular formula is C28H25FN4O4. The highest BCUT2D eigenvalue weighted by atomic mass is 19.1. The number of amides is 1. The number of para-hydroxylation sites is 1. The number of anilines is 2. The normalized spacial score (nSPS) is 13.1. The van der Waals surface area contributed by atoms with Crippen LogP contribution in [0.2, 0.25) is 0 Å². The molecule has 0 aliphatic carbocycles. The van der Waals surface area contributed by atoms with Gasteiger partial charge in [0.2, 0.25) is 5.91 Å². The van der Waals surface area contributed by atoms with Crippen LogP contribution in [-0.2, 0) is 16.0 Å². The fourth-order valence-corrected chi connectivity index (χ4v) is 4.17. The lowest BCUT2D eigenvalue weighted by Crippen LogP contribution is -2.53. The highest BCUT2D eigenvalue weighted by molar-refractivity contribution is 5.93. The number of carbonyl (C=O) groups excluding carboxylic acids is 2. The van der Waals surface area contributed by atoms with Crippen molar-refractivity contribution in [3.05, 3.63) is 102 Å². The van der Waals surface area contributed by atoms with Gasteiger partial charge in [0.05, 0.1) is 49.2 Å². The van der Waals surface area contributed by atoms with Crippen LogP contribution in [0.25, 0.3) is 5.69 Å². The summed E-state index contributed by atoms with van der Waals surface area (Å²) in [6, 6.07) is 17.2. The van der Waals surface area contributed by atoms with Crippen molar-refractivity contribution in [3.63, 3.8) is 0 Å². The van der Waals surface area contributed by atoms with E-state index in [1.54, 1.807) is 42.7 Å². The van der Waals surface area contributed by atoms with E-state index in [1.807, 2.05) is 35.2 Å². The van der Waals surface area contributed by atoms with E-state index in [0.29, 0.717) is 24.4 Å². The van der Waals surface area contributed by atoms with Crippen molar-refractivity contribution >= 4 is 23.3 Å². The van der Waals surface area contributed by atoms with E-state index < -0.39 is 11.8 Å². The molecule has 2 aromatic heterocycles. The molecule has 1 N–H and O–H groups in total. The Kier molecular flexibility index (Phi) is 6.85. The molecule has 37 heavy (non-hydrogen) atoms. The van der Waals surface area contributed by atoms with Crippen molar-refractivity contribution < 1.29 is 23.5 Å². The Labute approximate surface area is 213 Å². The first-order chi connectivity index (χ1) is 18.0. The Balaban J connectivity index is 1.16. The standard InChI is InChI=1S/C28H25FN4O4/c1-36-28(35)23-6-2-3-7-26(23)32-12-10-20(16-32)33-17-22(18-33)37-21-8-9-25(24(29)14-21)31-27(34)13-19-5-4-11-30-15-19/h2-12,14-16,22H,13,17-18H2,1H3,(H,31,34). The molecule has 1 aliphatic heterocycles. The number of rotatable bonds is 8. The largest absolute Gasteiger partial charge is 0.487 e. The average Bonchev–Trinajstić information content (AvgIpc) is 3.37.